The summed E-state index contributed by atoms with van der Waals surface area (Å²) in [6.07, 6.45) is 2.47. The van der Waals surface area contributed by atoms with Gasteiger partial charge < -0.3 is 10.6 Å². The predicted octanol–water partition coefficient (Wildman–Crippen LogP) is 0.646. The number of hydrogen-bond acceptors (Lipinski definition) is 6. The minimum absolute atomic E-state index is 0.562. The van der Waals surface area contributed by atoms with Crippen molar-refractivity contribution in [1.29, 1.82) is 0 Å². The van der Waals surface area contributed by atoms with Crippen LogP contribution < -0.4 is 5.73 Å². The summed E-state index contributed by atoms with van der Waals surface area (Å²) in [7, 11) is 4.34. The molecule has 0 unspecified atom stereocenters. The zero-order chi connectivity index (χ0) is 11.5. The smallest absolute Gasteiger partial charge is 0.203 e. The summed E-state index contributed by atoms with van der Waals surface area (Å²) < 4.78 is 0. The van der Waals surface area contributed by atoms with Crippen molar-refractivity contribution in [1.82, 2.24) is 20.0 Å². The fourth-order valence-corrected chi connectivity index (χ4v) is 2.78. The maximum atomic E-state index is 5.57. The lowest BCUT2D eigenvalue weighted by Gasteiger charge is -2.34. The van der Waals surface area contributed by atoms with Crippen molar-refractivity contribution in [3.63, 3.8) is 0 Å². The van der Waals surface area contributed by atoms with E-state index in [4.69, 9.17) is 5.73 Å². The van der Waals surface area contributed by atoms with Gasteiger partial charge >= 0.3 is 0 Å². The Hall–Kier alpha value is -0.720. The van der Waals surface area contributed by atoms with Gasteiger partial charge in [0, 0.05) is 6.04 Å². The van der Waals surface area contributed by atoms with Crippen LogP contribution >= 0.6 is 11.3 Å². The largest absolute Gasteiger partial charge is 0.374 e. The van der Waals surface area contributed by atoms with Crippen molar-refractivity contribution >= 4 is 16.5 Å². The minimum atomic E-state index is 0.562. The summed E-state index contributed by atoms with van der Waals surface area (Å²) in [5.74, 6) is 0. The number of likely N-dealkylation sites (tertiary alicyclic amines) is 1. The molecule has 1 aliphatic heterocycles. The first-order valence-corrected chi connectivity index (χ1v) is 6.43. The van der Waals surface area contributed by atoms with Crippen LogP contribution in [0.4, 0.5) is 5.13 Å². The fourth-order valence-electron chi connectivity index (χ4n) is 2.11. The van der Waals surface area contributed by atoms with Gasteiger partial charge in [-0.2, -0.15) is 0 Å². The maximum Gasteiger partial charge on any atom is 0.203 e. The Labute approximate surface area is 100 Å². The van der Waals surface area contributed by atoms with Gasteiger partial charge in [-0.25, -0.2) is 0 Å². The fraction of sp³-hybridized carbons (Fsp3) is 0.800. The van der Waals surface area contributed by atoms with E-state index >= 15 is 0 Å². The monoisotopic (exact) mass is 241 g/mol. The van der Waals surface area contributed by atoms with E-state index in [0.717, 1.165) is 11.6 Å². The number of nitrogens with zero attached hydrogens (tertiary/aromatic N) is 4. The van der Waals surface area contributed by atoms with Crippen LogP contribution in [-0.2, 0) is 6.54 Å². The van der Waals surface area contributed by atoms with Crippen LogP contribution in [0.2, 0.25) is 0 Å². The average molecular weight is 241 g/mol. The molecule has 5 nitrogen and oxygen atoms in total. The lowest BCUT2D eigenvalue weighted by Crippen LogP contribution is -2.41. The molecule has 0 atom stereocenters. The molecule has 1 aromatic rings. The first kappa shape index (κ1) is 11.8. The molecule has 0 aromatic carbocycles. The molecule has 16 heavy (non-hydrogen) atoms. The second kappa shape index (κ2) is 5.07. The first-order valence-electron chi connectivity index (χ1n) is 5.62. The van der Waals surface area contributed by atoms with Gasteiger partial charge in [0.15, 0.2) is 0 Å². The molecule has 0 aliphatic carbocycles. The van der Waals surface area contributed by atoms with Gasteiger partial charge in [-0.1, -0.05) is 11.3 Å². The number of piperidine rings is 1. The van der Waals surface area contributed by atoms with Crippen LogP contribution in [0, 0.1) is 0 Å². The highest BCUT2D eigenvalue weighted by Gasteiger charge is 2.21. The maximum absolute atomic E-state index is 5.57. The van der Waals surface area contributed by atoms with Crippen molar-refractivity contribution in [2.45, 2.75) is 25.4 Å². The molecule has 1 fully saturated rings. The molecule has 0 radical (unpaired) electrons. The molecule has 1 aliphatic rings. The SMILES string of the molecule is CN1CCC(N(C)Cc2nnc(N)s2)CC1. The van der Waals surface area contributed by atoms with Crippen molar-refractivity contribution in [3.8, 4) is 0 Å². The number of nitrogens with two attached hydrogens (primary N) is 1. The van der Waals surface area contributed by atoms with Crippen LogP contribution in [-0.4, -0.2) is 53.2 Å². The summed E-state index contributed by atoms with van der Waals surface area (Å²) in [6, 6.07) is 0.668. The molecular formula is C10H19N5S. The summed E-state index contributed by atoms with van der Waals surface area (Å²) >= 11 is 1.48. The molecule has 90 valence electrons. The van der Waals surface area contributed by atoms with Crippen molar-refractivity contribution < 1.29 is 0 Å². The third kappa shape index (κ3) is 2.90. The Morgan fingerprint density at radius 3 is 2.69 bits per heavy atom. The van der Waals surface area contributed by atoms with E-state index in [0.29, 0.717) is 11.2 Å². The molecule has 2 heterocycles. The molecule has 2 N–H and O–H groups in total. The molecule has 0 amide bonds. The van der Waals surface area contributed by atoms with Gasteiger partial charge in [-0.05, 0) is 40.0 Å². The second-order valence-electron chi connectivity index (χ2n) is 4.48. The van der Waals surface area contributed by atoms with Crippen molar-refractivity contribution in [2.24, 2.45) is 0 Å². The zero-order valence-electron chi connectivity index (χ0n) is 9.89. The molecular weight excluding hydrogens is 222 g/mol. The van der Waals surface area contributed by atoms with Gasteiger partial charge in [0.25, 0.3) is 0 Å². The van der Waals surface area contributed by atoms with Crippen LogP contribution in [0.1, 0.15) is 17.8 Å². The Bertz CT molecular complexity index is 332. The molecule has 1 saturated heterocycles. The summed E-state index contributed by atoms with van der Waals surface area (Å²) in [4.78, 5) is 4.75. The van der Waals surface area contributed by atoms with Gasteiger partial charge in [-0.15, -0.1) is 10.2 Å². The Morgan fingerprint density at radius 2 is 2.12 bits per heavy atom. The van der Waals surface area contributed by atoms with E-state index in [1.807, 2.05) is 0 Å². The van der Waals surface area contributed by atoms with E-state index in [1.54, 1.807) is 0 Å². The van der Waals surface area contributed by atoms with E-state index in [-0.39, 0.29) is 0 Å². The highest BCUT2D eigenvalue weighted by atomic mass is 32.1. The number of hydrogen-bond donors (Lipinski definition) is 1. The Morgan fingerprint density at radius 1 is 1.44 bits per heavy atom. The van der Waals surface area contributed by atoms with Gasteiger partial charge in [0.1, 0.15) is 5.01 Å². The quantitative estimate of drug-likeness (QED) is 0.842. The summed E-state index contributed by atoms with van der Waals surface area (Å²) in [6.45, 7) is 3.24. The van der Waals surface area contributed by atoms with E-state index in [1.165, 1.54) is 37.3 Å². The number of aromatic nitrogens is 2. The van der Waals surface area contributed by atoms with E-state index < -0.39 is 0 Å². The number of rotatable bonds is 3. The molecule has 6 heteroatoms. The first-order chi connectivity index (χ1) is 7.65. The normalized spacial score (nSPS) is 19.4. The van der Waals surface area contributed by atoms with Crippen molar-refractivity contribution in [2.75, 3.05) is 32.9 Å². The lowest BCUT2D eigenvalue weighted by atomic mass is 10.0. The standard InChI is InChI=1S/C10H19N5S/c1-14-5-3-8(4-6-14)15(2)7-9-12-13-10(11)16-9/h8H,3-7H2,1-2H3,(H2,11,13). The minimum Gasteiger partial charge on any atom is -0.374 e. The summed E-state index contributed by atoms with van der Waals surface area (Å²) in [5.41, 5.74) is 5.57. The van der Waals surface area contributed by atoms with Crippen LogP contribution in [0.5, 0.6) is 0 Å². The third-order valence-corrected chi connectivity index (χ3v) is 3.92. The Kier molecular flexibility index (Phi) is 3.73. The predicted molar refractivity (Wildman–Crippen MR) is 66.3 cm³/mol. The lowest BCUT2D eigenvalue weighted by molar-refractivity contribution is 0.139. The van der Waals surface area contributed by atoms with Gasteiger partial charge in [0.2, 0.25) is 5.13 Å². The summed E-state index contributed by atoms with van der Waals surface area (Å²) in [5, 5.41) is 9.47. The molecule has 0 spiro atoms. The Balaban J connectivity index is 1.85. The zero-order valence-corrected chi connectivity index (χ0v) is 10.7. The van der Waals surface area contributed by atoms with E-state index in [2.05, 4.69) is 34.1 Å². The molecule has 0 saturated carbocycles. The van der Waals surface area contributed by atoms with Gasteiger partial charge in [-0.3, -0.25) is 4.90 Å². The molecule has 2 rings (SSSR count). The third-order valence-electron chi connectivity index (χ3n) is 3.18. The van der Waals surface area contributed by atoms with Crippen LogP contribution in [0.15, 0.2) is 0 Å². The van der Waals surface area contributed by atoms with Gasteiger partial charge in [0.05, 0.1) is 6.54 Å². The van der Waals surface area contributed by atoms with Crippen LogP contribution in [0.3, 0.4) is 0 Å². The average Bonchev–Trinajstić information content (AvgIpc) is 2.65. The van der Waals surface area contributed by atoms with E-state index in [9.17, 15) is 0 Å². The number of anilines is 1. The second-order valence-corrected chi connectivity index (χ2v) is 5.58. The van der Waals surface area contributed by atoms with Crippen molar-refractivity contribution in [3.05, 3.63) is 5.01 Å². The molecule has 1 aromatic heterocycles. The van der Waals surface area contributed by atoms with Crippen LogP contribution in [0.25, 0.3) is 0 Å². The molecule has 0 bridgehead atoms. The highest BCUT2D eigenvalue weighted by Crippen LogP contribution is 2.18. The number of nitrogen functional groups attached to an aromatic ring is 1. The highest BCUT2D eigenvalue weighted by molar-refractivity contribution is 7.15. The topological polar surface area (TPSA) is 58.3 Å².